The van der Waals surface area contributed by atoms with E-state index in [1.807, 2.05) is 0 Å². The van der Waals surface area contributed by atoms with Crippen molar-refractivity contribution >= 4 is 34.2 Å². The summed E-state index contributed by atoms with van der Waals surface area (Å²) in [4.78, 5) is 37.2. The zero-order valence-corrected chi connectivity index (χ0v) is 18.2. The molecule has 2 aromatic heterocycles. The number of carbonyl (C=O) groups is 3. The lowest BCUT2D eigenvalue weighted by molar-refractivity contribution is -0.144. The van der Waals surface area contributed by atoms with Gasteiger partial charge in [0.15, 0.2) is 0 Å². The van der Waals surface area contributed by atoms with Crippen LogP contribution in [0.1, 0.15) is 57.2 Å². The topological polar surface area (TPSA) is 99.5 Å². The first-order valence-electron chi connectivity index (χ1n) is 9.38. The SMILES string of the molecule is CCCOC(=O)c1c(NC(=O)Cn2nc(C)cc2C(F)(F)F)sc(C(=O)OCC)c1C. The smallest absolute Gasteiger partial charge is 0.433 e. The second-order valence-corrected chi connectivity index (χ2v) is 7.51. The minimum Gasteiger partial charge on any atom is -0.462 e. The Morgan fingerprint density at radius 2 is 1.84 bits per heavy atom. The third kappa shape index (κ3) is 5.84. The Kier molecular flexibility index (Phi) is 7.82. The van der Waals surface area contributed by atoms with E-state index in [2.05, 4.69) is 10.4 Å². The number of hydrogen-bond donors (Lipinski definition) is 1. The average molecular weight is 461 g/mol. The Balaban J connectivity index is 2.35. The van der Waals surface area contributed by atoms with Crippen molar-refractivity contribution in [2.75, 3.05) is 18.5 Å². The maximum absolute atomic E-state index is 13.1. The lowest BCUT2D eigenvalue weighted by atomic mass is 10.1. The van der Waals surface area contributed by atoms with E-state index in [4.69, 9.17) is 9.47 Å². The number of hydrogen-bond acceptors (Lipinski definition) is 7. The molecule has 0 saturated carbocycles. The van der Waals surface area contributed by atoms with Crippen LogP contribution in [0.5, 0.6) is 0 Å². The summed E-state index contributed by atoms with van der Waals surface area (Å²) in [7, 11) is 0. The van der Waals surface area contributed by atoms with Gasteiger partial charge in [-0.3, -0.25) is 9.48 Å². The number of carbonyl (C=O) groups excluding carboxylic acids is 3. The summed E-state index contributed by atoms with van der Waals surface area (Å²) < 4.78 is 50.0. The Labute approximate surface area is 180 Å². The van der Waals surface area contributed by atoms with Crippen LogP contribution in [0.4, 0.5) is 18.2 Å². The lowest BCUT2D eigenvalue weighted by Crippen LogP contribution is -2.24. The molecule has 0 atom stereocenters. The first-order valence-corrected chi connectivity index (χ1v) is 10.2. The highest BCUT2D eigenvalue weighted by molar-refractivity contribution is 7.18. The first kappa shape index (κ1) is 24.4. The zero-order chi connectivity index (χ0) is 23.3. The molecule has 0 bridgehead atoms. The van der Waals surface area contributed by atoms with Gasteiger partial charge >= 0.3 is 18.1 Å². The highest BCUT2D eigenvalue weighted by Gasteiger charge is 2.36. The fourth-order valence-corrected chi connectivity index (χ4v) is 3.81. The molecule has 0 aliphatic rings. The number of esters is 2. The number of rotatable bonds is 8. The lowest BCUT2D eigenvalue weighted by Gasteiger charge is -2.11. The normalized spacial score (nSPS) is 11.3. The fraction of sp³-hybridized carbons (Fsp3) is 0.474. The van der Waals surface area contributed by atoms with Gasteiger partial charge in [0, 0.05) is 0 Å². The Morgan fingerprint density at radius 3 is 2.42 bits per heavy atom. The maximum atomic E-state index is 13.1. The standard InChI is InChI=1S/C19H22F3N3O5S/c1-5-7-30-17(27)14-11(4)15(18(28)29-6-2)31-16(14)23-13(26)9-25-12(19(20,21)22)8-10(3)24-25/h8H,5-7,9H2,1-4H3,(H,23,26). The van der Waals surface area contributed by atoms with Gasteiger partial charge in [-0.05, 0) is 38.8 Å². The van der Waals surface area contributed by atoms with E-state index in [9.17, 15) is 27.6 Å². The minimum absolute atomic E-state index is 0.0101. The van der Waals surface area contributed by atoms with E-state index in [0.29, 0.717) is 11.1 Å². The predicted octanol–water partition coefficient (Wildman–Crippen LogP) is 3.96. The van der Waals surface area contributed by atoms with Gasteiger partial charge in [0.1, 0.15) is 22.1 Å². The molecule has 0 fully saturated rings. The Bertz CT molecular complexity index is 981. The summed E-state index contributed by atoms with van der Waals surface area (Å²) in [6, 6.07) is 0.828. The van der Waals surface area contributed by atoms with Crippen LogP contribution in [0.3, 0.4) is 0 Å². The predicted molar refractivity (Wildman–Crippen MR) is 106 cm³/mol. The number of nitrogens with one attached hydrogen (secondary N) is 1. The molecule has 2 heterocycles. The van der Waals surface area contributed by atoms with Gasteiger partial charge in [-0.25, -0.2) is 9.59 Å². The maximum Gasteiger partial charge on any atom is 0.433 e. The summed E-state index contributed by atoms with van der Waals surface area (Å²) in [5.41, 5.74) is -0.758. The molecule has 170 valence electrons. The van der Waals surface area contributed by atoms with Crippen LogP contribution >= 0.6 is 11.3 Å². The van der Waals surface area contributed by atoms with Gasteiger partial charge in [-0.1, -0.05) is 6.92 Å². The Hall–Kier alpha value is -2.89. The molecular formula is C19H22F3N3O5S. The summed E-state index contributed by atoms with van der Waals surface area (Å²) in [5.74, 6) is -2.29. The molecule has 0 unspecified atom stereocenters. The number of aromatic nitrogens is 2. The van der Waals surface area contributed by atoms with E-state index in [-0.39, 0.29) is 39.9 Å². The highest BCUT2D eigenvalue weighted by Crippen LogP contribution is 2.35. The number of ether oxygens (including phenoxy) is 2. The van der Waals surface area contributed by atoms with Crippen LogP contribution in [-0.2, 0) is 27.0 Å². The second kappa shape index (κ2) is 9.94. The minimum atomic E-state index is -4.69. The van der Waals surface area contributed by atoms with Gasteiger partial charge in [-0.15, -0.1) is 11.3 Å². The largest absolute Gasteiger partial charge is 0.462 e. The second-order valence-electron chi connectivity index (χ2n) is 6.49. The van der Waals surface area contributed by atoms with Crippen LogP contribution in [0, 0.1) is 13.8 Å². The van der Waals surface area contributed by atoms with Gasteiger partial charge < -0.3 is 14.8 Å². The third-order valence-electron chi connectivity index (χ3n) is 3.99. The zero-order valence-electron chi connectivity index (χ0n) is 17.4. The van der Waals surface area contributed by atoms with E-state index in [1.165, 1.54) is 13.8 Å². The molecule has 1 amide bonds. The van der Waals surface area contributed by atoms with Crippen LogP contribution < -0.4 is 5.32 Å². The highest BCUT2D eigenvalue weighted by atomic mass is 32.1. The number of halogens is 3. The fourth-order valence-electron chi connectivity index (χ4n) is 2.70. The number of nitrogens with zero attached hydrogens (tertiary/aromatic N) is 2. The van der Waals surface area contributed by atoms with E-state index >= 15 is 0 Å². The molecule has 0 saturated heterocycles. The van der Waals surface area contributed by atoms with Crippen molar-refractivity contribution in [3.8, 4) is 0 Å². The number of aryl methyl sites for hydroxylation is 1. The Morgan fingerprint density at radius 1 is 1.16 bits per heavy atom. The van der Waals surface area contributed by atoms with Crippen molar-refractivity contribution in [1.82, 2.24) is 9.78 Å². The first-order chi connectivity index (χ1) is 14.5. The van der Waals surface area contributed by atoms with E-state index < -0.39 is 36.3 Å². The summed E-state index contributed by atoms with van der Waals surface area (Å²) in [6.07, 6.45) is -4.13. The van der Waals surface area contributed by atoms with Crippen molar-refractivity contribution in [2.24, 2.45) is 0 Å². The van der Waals surface area contributed by atoms with Crippen LogP contribution in [0.2, 0.25) is 0 Å². The number of anilines is 1. The van der Waals surface area contributed by atoms with Gasteiger partial charge in [0.2, 0.25) is 5.91 Å². The number of alkyl halides is 3. The van der Waals surface area contributed by atoms with Crippen molar-refractivity contribution in [1.29, 1.82) is 0 Å². The molecule has 0 aromatic carbocycles. The molecule has 2 aromatic rings. The van der Waals surface area contributed by atoms with Gasteiger partial charge in [-0.2, -0.15) is 18.3 Å². The molecule has 12 heteroatoms. The van der Waals surface area contributed by atoms with E-state index in [1.54, 1.807) is 13.8 Å². The van der Waals surface area contributed by atoms with Gasteiger partial charge in [0.25, 0.3) is 0 Å². The summed E-state index contributed by atoms with van der Waals surface area (Å²) in [6.45, 7) is 5.77. The molecular weight excluding hydrogens is 439 g/mol. The number of thiophene rings is 1. The number of amides is 1. The van der Waals surface area contributed by atoms with E-state index in [0.717, 1.165) is 17.4 Å². The van der Waals surface area contributed by atoms with Crippen molar-refractivity contribution < 1.29 is 37.0 Å². The van der Waals surface area contributed by atoms with Crippen molar-refractivity contribution in [3.05, 3.63) is 33.5 Å². The molecule has 8 nitrogen and oxygen atoms in total. The van der Waals surface area contributed by atoms with Crippen LogP contribution in [0.15, 0.2) is 6.07 Å². The van der Waals surface area contributed by atoms with Crippen molar-refractivity contribution in [2.45, 2.75) is 46.8 Å². The molecule has 0 aliphatic carbocycles. The van der Waals surface area contributed by atoms with Crippen LogP contribution in [-0.4, -0.2) is 40.8 Å². The molecule has 1 N–H and O–H groups in total. The molecule has 2 rings (SSSR count). The summed E-state index contributed by atoms with van der Waals surface area (Å²) >= 11 is 0.791. The summed E-state index contributed by atoms with van der Waals surface area (Å²) in [5, 5.41) is 6.10. The van der Waals surface area contributed by atoms with Crippen molar-refractivity contribution in [3.63, 3.8) is 0 Å². The molecule has 0 aliphatic heterocycles. The molecule has 31 heavy (non-hydrogen) atoms. The quantitative estimate of drug-likeness (QED) is 0.598. The molecule has 0 radical (unpaired) electrons. The molecule has 0 spiro atoms. The average Bonchev–Trinajstić information content (AvgIpc) is 3.19. The monoisotopic (exact) mass is 461 g/mol. The van der Waals surface area contributed by atoms with Crippen LogP contribution in [0.25, 0.3) is 0 Å². The third-order valence-corrected chi connectivity index (χ3v) is 5.18. The van der Waals surface area contributed by atoms with Gasteiger partial charge in [0.05, 0.1) is 24.5 Å².